The van der Waals surface area contributed by atoms with Crippen LogP contribution in [0.2, 0.25) is 5.02 Å². The molecule has 134 valence electrons. The average Bonchev–Trinajstić information content (AvgIpc) is 3.05. The number of pyridine rings is 1. The van der Waals surface area contributed by atoms with Gasteiger partial charge in [0.15, 0.2) is 5.82 Å². The van der Waals surface area contributed by atoms with E-state index in [-0.39, 0.29) is 5.82 Å². The van der Waals surface area contributed by atoms with E-state index in [1.807, 2.05) is 24.3 Å². The van der Waals surface area contributed by atoms with Crippen molar-refractivity contribution in [2.75, 3.05) is 11.5 Å². The van der Waals surface area contributed by atoms with Crippen molar-refractivity contribution in [3.8, 4) is 0 Å². The summed E-state index contributed by atoms with van der Waals surface area (Å²) in [5, 5.41) is 17.5. The second-order valence-electron chi connectivity index (χ2n) is 5.85. The maximum absolute atomic E-state index is 6.04. The van der Waals surface area contributed by atoms with E-state index in [9.17, 15) is 0 Å². The second-order valence-corrected chi connectivity index (χ2v) is 6.29. The summed E-state index contributed by atoms with van der Waals surface area (Å²) in [6, 6.07) is 16.4. The van der Waals surface area contributed by atoms with Crippen LogP contribution >= 0.6 is 11.6 Å². The molecule has 0 saturated carbocycles. The van der Waals surface area contributed by atoms with Gasteiger partial charge in [0.25, 0.3) is 0 Å². The third-order valence-corrected chi connectivity index (χ3v) is 4.20. The average molecular weight is 379 g/mol. The highest BCUT2D eigenvalue weighted by atomic mass is 35.5. The van der Waals surface area contributed by atoms with Crippen molar-refractivity contribution in [1.82, 2.24) is 20.0 Å². The normalized spacial score (nSPS) is 11.4. The lowest BCUT2D eigenvalue weighted by Crippen LogP contribution is -2.06. The molecular formula is C18H15ClN8. The highest BCUT2D eigenvalue weighted by molar-refractivity contribution is 6.30. The lowest BCUT2D eigenvalue weighted by atomic mass is 10.2. The summed E-state index contributed by atoms with van der Waals surface area (Å²) in [5.74, 6) is 0.504. The smallest absolute Gasteiger partial charge is 0.154 e. The molecule has 0 atom stereocenters. The van der Waals surface area contributed by atoms with Gasteiger partial charge in [-0.05, 0) is 42.5 Å². The van der Waals surface area contributed by atoms with Gasteiger partial charge in [-0.15, -0.1) is 10.2 Å². The Hall–Kier alpha value is -3.52. The number of nitrogens with zero attached hydrogens (tertiary/aromatic N) is 6. The summed E-state index contributed by atoms with van der Waals surface area (Å²) in [6.07, 6.45) is 0. The Labute approximate surface area is 159 Å². The van der Waals surface area contributed by atoms with Crippen LogP contribution in [0.1, 0.15) is 5.56 Å². The minimum absolute atomic E-state index is 0.201. The molecule has 4 aromatic rings. The SMILES string of the molecule is Nc1cc(Cn2nnc3ccccc32)c(N=Nc2ccc(Cl)cc2)c(N)n1. The fourth-order valence-electron chi connectivity index (χ4n) is 2.68. The number of anilines is 2. The van der Waals surface area contributed by atoms with Crippen molar-refractivity contribution >= 4 is 45.6 Å². The number of para-hydroxylation sites is 1. The molecule has 0 fully saturated rings. The molecule has 0 radical (unpaired) electrons. The highest BCUT2D eigenvalue weighted by Crippen LogP contribution is 2.30. The summed E-state index contributed by atoms with van der Waals surface area (Å²) in [5.41, 5.74) is 15.4. The maximum atomic E-state index is 6.04. The van der Waals surface area contributed by atoms with E-state index in [1.165, 1.54) is 0 Å². The van der Waals surface area contributed by atoms with Crippen LogP contribution < -0.4 is 11.5 Å². The summed E-state index contributed by atoms with van der Waals surface area (Å²) in [7, 11) is 0. The molecule has 0 aliphatic carbocycles. The first-order valence-electron chi connectivity index (χ1n) is 8.10. The number of hydrogen-bond acceptors (Lipinski definition) is 7. The third-order valence-electron chi connectivity index (χ3n) is 3.95. The van der Waals surface area contributed by atoms with E-state index in [1.54, 1.807) is 35.0 Å². The molecule has 0 aliphatic rings. The molecule has 8 nitrogen and oxygen atoms in total. The van der Waals surface area contributed by atoms with Crippen LogP contribution in [0.15, 0.2) is 64.8 Å². The molecule has 4 rings (SSSR count). The number of aromatic nitrogens is 4. The first-order chi connectivity index (χ1) is 13.1. The predicted octanol–water partition coefficient (Wildman–Crippen LogP) is 4.11. The van der Waals surface area contributed by atoms with Crippen LogP contribution in [0.4, 0.5) is 23.0 Å². The number of rotatable bonds is 4. The van der Waals surface area contributed by atoms with Crippen LogP contribution in [-0.2, 0) is 6.54 Å². The van der Waals surface area contributed by atoms with Crippen molar-refractivity contribution in [3.05, 3.63) is 65.2 Å². The summed E-state index contributed by atoms with van der Waals surface area (Å²) in [4.78, 5) is 4.09. The molecule has 0 bridgehead atoms. The van der Waals surface area contributed by atoms with Gasteiger partial charge in [0.05, 0.1) is 17.7 Å². The van der Waals surface area contributed by atoms with Gasteiger partial charge in [-0.1, -0.05) is 28.9 Å². The number of nitrogens with two attached hydrogens (primary N) is 2. The molecule has 2 heterocycles. The minimum atomic E-state index is 0.201. The molecular weight excluding hydrogens is 364 g/mol. The van der Waals surface area contributed by atoms with Crippen LogP contribution in [0.3, 0.4) is 0 Å². The minimum Gasteiger partial charge on any atom is -0.384 e. The van der Waals surface area contributed by atoms with Crippen molar-refractivity contribution in [3.63, 3.8) is 0 Å². The molecule has 9 heteroatoms. The van der Waals surface area contributed by atoms with Gasteiger partial charge in [-0.3, -0.25) is 0 Å². The molecule has 0 aliphatic heterocycles. The van der Waals surface area contributed by atoms with E-state index < -0.39 is 0 Å². The number of azo groups is 1. The van der Waals surface area contributed by atoms with Gasteiger partial charge in [-0.25, -0.2) is 9.67 Å². The van der Waals surface area contributed by atoms with Crippen LogP contribution in [0.25, 0.3) is 11.0 Å². The number of fused-ring (bicyclic) bond motifs is 1. The van der Waals surface area contributed by atoms with Crippen molar-refractivity contribution < 1.29 is 0 Å². The van der Waals surface area contributed by atoms with Crippen molar-refractivity contribution in [2.24, 2.45) is 10.2 Å². The number of halogens is 1. The first-order valence-corrected chi connectivity index (χ1v) is 8.48. The second kappa shape index (κ2) is 7.00. The monoisotopic (exact) mass is 378 g/mol. The summed E-state index contributed by atoms with van der Waals surface area (Å²) < 4.78 is 1.75. The molecule has 0 saturated heterocycles. The fraction of sp³-hybridized carbons (Fsp3) is 0.0556. The quantitative estimate of drug-likeness (QED) is 0.517. The molecule has 0 amide bonds. The van der Waals surface area contributed by atoms with E-state index in [0.29, 0.717) is 28.8 Å². The van der Waals surface area contributed by atoms with E-state index in [0.717, 1.165) is 16.6 Å². The standard InChI is InChI=1S/C18H15ClN8/c19-12-5-7-13(8-6-12)23-25-17-11(9-16(20)22-18(17)21)10-27-15-4-2-1-3-14(15)24-26-27/h1-9H,10H2,(H4,20,21,22). The van der Waals surface area contributed by atoms with Gasteiger partial charge in [0, 0.05) is 10.6 Å². The van der Waals surface area contributed by atoms with Gasteiger partial charge in [0.1, 0.15) is 17.0 Å². The van der Waals surface area contributed by atoms with E-state index >= 15 is 0 Å². The highest BCUT2D eigenvalue weighted by Gasteiger charge is 2.13. The zero-order valence-electron chi connectivity index (χ0n) is 14.1. The molecule has 2 aromatic carbocycles. The van der Waals surface area contributed by atoms with Gasteiger partial charge in [-0.2, -0.15) is 5.11 Å². The van der Waals surface area contributed by atoms with Crippen LogP contribution in [0.5, 0.6) is 0 Å². The molecule has 4 N–H and O–H groups in total. The molecule has 27 heavy (non-hydrogen) atoms. The Morgan fingerprint density at radius 1 is 1.00 bits per heavy atom. The largest absolute Gasteiger partial charge is 0.384 e. The number of benzene rings is 2. The number of hydrogen-bond donors (Lipinski definition) is 2. The summed E-state index contributed by atoms with van der Waals surface area (Å²) >= 11 is 5.89. The Bertz CT molecular complexity index is 1130. The summed E-state index contributed by atoms with van der Waals surface area (Å²) in [6.45, 7) is 0.381. The maximum Gasteiger partial charge on any atom is 0.154 e. The van der Waals surface area contributed by atoms with Gasteiger partial charge >= 0.3 is 0 Å². The first kappa shape index (κ1) is 16.9. The predicted molar refractivity (Wildman–Crippen MR) is 105 cm³/mol. The molecule has 0 spiro atoms. The molecule has 0 unspecified atom stereocenters. The Morgan fingerprint density at radius 2 is 1.78 bits per heavy atom. The zero-order chi connectivity index (χ0) is 18.8. The van der Waals surface area contributed by atoms with Crippen LogP contribution in [0, 0.1) is 0 Å². The lowest BCUT2D eigenvalue weighted by molar-refractivity contribution is 0.669. The zero-order valence-corrected chi connectivity index (χ0v) is 14.9. The third kappa shape index (κ3) is 3.56. The topological polar surface area (TPSA) is 120 Å². The van der Waals surface area contributed by atoms with Crippen molar-refractivity contribution in [1.29, 1.82) is 0 Å². The Balaban J connectivity index is 1.73. The lowest BCUT2D eigenvalue weighted by Gasteiger charge is -2.09. The van der Waals surface area contributed by atoms with Crippen molar-refractivity contribution in [2.45, 2.75) is 6.54 Å². The van der Waals surface area contributed by atoms with Gasteiger partial charge < -0.3 is 11.5 Å². The number of nitrogen functional groups attached to an aromatic ring is 2. The van der Waals surface area contributed by atoms with E-state index in [2.05, 4.69) is 25.5 Å². The van der Waals surface area contributed by atoms with Crippen LogP contribution in [-0.4, -0.2) is 20.0 Å². The fourth-order valence-corrected chi connectivity index (χ4v) is 2.81. The molecule has 2 aromatic heterocycles. The Morgan fingerprint density at radius 3 is 2.59 bits per heavy atom. The van der Waals surface area contributed by atoms with Gasteiger partial charge in [0.2, 0.25) is 0 Å². The van der Waals surface area contributed by atoms with E-state index in [4.69, 9.17) is 23.1 Å². The Kier molecular flexibility index (Phi) is 4.39.